The van der Waals surface area contributed by atoms with Crippen molar-refractivity contribution in [2.45, 2.75) is 19.4 Å². The van der Waals surface area contributed by atoms with Crippen LogP contribution in [0, 0.1) is 5.92 Å². The fourth-order valence-electron chi connectivity index (χ4n) is 2.27. The summed E-state index contributed by atoms with van der Waals surface area (Å²) in [6.45, 7) is 6.39. The van der Waals surface area contributed by atoms with Gasteiger partial charge in [-0.1, -0.05) is 6.92 Å². The Hall–Kier alpha value is -0.410. The average molecular weight is 182 g/mol. The van der Waals surface area contributed by atoms with Gasteiger partial charge >= 0.3 is 0 Å². The monoisotopic (exact) mass is 182 g/mol. The molecule has 0 spiro atoms. The van der Waals surface area contributed by atoms with Gasteiger partial charge < -0.3 is 4.90 Å². The quantitative estimate of drug-likeness (QED) is 0.579. The zero-order valence-corrected chi connectivity index (χ0v) is 8.49. The predicted molar refractivity (Wildman–Crippen MR) is 51.6 cm³/mol. The van der Waals surface area contributed by atoms with Gasteiger partial charge in [-0.2, -0.15) is 0 Å². The molecule has 2 saturated heterocycles. The minimum atomic E-state index is 0.264. The molecular weight excluding hydrogens is 164 g/mol. The van der Waals surface area contributed by atoms with Crippen LogP contribution in [0.3, 0.4) is 0 Å². The molecule has 0 saturated carbocycles. The van der Waals surface area contributed by atoms with Gasteiger partial charge in [-0.15, -0.1) is 0 Å². The van der Waals surface area contributed by atoms with Crippen LogP contribution < -0.4 is 0 Å². The maximum atomic E-state index is 11.3. The first-order chi connectivity index (χ1) is 6.16. The Morgan fingerprint density at radius 3 is 2.54 bits per heavy atom. The Balaban J connectivity index is 1.85. The van der Waals surface area contributed by atoms with Gasteiger partial charge in [0.15, 0.2) is 0 Å². The summed E-state index contributed by atoms with van der Waals surface area (Å²) in [5, 5.41) is 0. The summed E-state index contributed by atoms with van der Waals surface area (Å²) in [7, 11) is 2.15. The molecule has 74 valence electrons. The minimum Gasteiger partial charge on any atom is -0.303 e. The predicted octanol–water partition coefficient (Wildman–Crippen LogP) is 0.211. The van der Waals surface area contributed by atoms with E-state index >= 15 is 0 Å². The molecule has 2 fully saturated rings. The molecule has 0 aromatic heterocycles. The molecule has 2 rings (SSSR count). The normalized spacial score (nSPS) is 33.4. The van der Waals surface area contributed by atoms with Crippen LogP contribution in [0.4, 0.5) is 0 Å². The zero-order valence-electron chi connectivity index (χ0n) is 8.49. The third-order valence-electron chi connectivity index (χ3n) is 3.26. The summed E-state index contributed by atoms with van der Waals surface area (Å²) in [6.07, 6.45) is 0.765. The van der Waals surface area contributed by atoms with E-state index in [4.69, 9.17) is 0 Å². The lowest BCUT2D eigenvalue weighted by Crippen LogP contribution is -2.60. The maximum absolute atomic E-state index is 11.3. The first-order valence-corrected chi connectivity index (χ1v) is 5.12. The average Bonchev–Trinajstić information content (AvgIpc) is 2.05. The van der Waals surface area contributed by atoms with Crippen LogP contribution >= 0.6 is 0 Å². The third kappa shape index (κ3) is 1.76. The molecule has 1 atom stereocenters. The Kier molecular flexibility index (Phi) is 2.39. The molecule has 2 heterocycles. The molecule has 0 N–H and O–H groups in total. The summed E-state index contributed by atoms with van der Waals surface area (Å²) in [4.78, 5) is 16.1. The molecule has 1 unspecified atom stereocenters. The minimum absolute atomic E-state index is 0.264. The molecule has 0 aromatic carbocycles. The lowest BCUT2D eigenvalue weighted by molar-refractivity contribution is -0.127. The topological polar surface area (TPSA) is 23.6 Å². The summed E-state index contributed by atoms with van der Waals surface area (Å²) >= 11 is 0. The summed E-state index contributed by atoms with van der Waals surface area (Å²) in [6, 6.07) is 0.723. The van der Waals surface area contributed by atoms with Crippen molar-refractivity contribution in [3.8, 4) is 0 Å². The first-order valence-electron chi connectivity index (χ1n) is 5.12. The van der Waals surface area contributed by atoms with E-state index < -0.39 is 0 Å². The molecule has 3 heteroatoms. The van der Waals surface area contributed by atoms with Gasteiger partial charge in [0.25, 0.3) is 0 Å². The van der Waals surface area contributed by atoms with Crippen LogP contribution in [-0.4, -0.2) is 54.9 Å². The van der Waals surface area contributed by atoms with Crippen molar-refractivity contribution in [1.82, 2.24) is 9.80 Å². The fraction of sp³-hybridized carbons (Fsp3) is 0.900. The van der Waals surface area contributed by atoms with Gasteiger partial charge in [0.2, 0.25) is 0 Å². The molecule has 0 amide bonds. The van der Waals surface area contributed by atoms with Crippen molar-refractivity contribution < 1.29 is 4.79 Å². The van der Waals surface area contributed by atoms with Crippen LogP contribution in [-0.2, 0) is 4.79 Å². The number of carbonyl (C=O) groups excluding carboxylic acids is 1. The molecular formula is C10H18N2O. The second-order valence-corrected chi connectivity index (χ2v) is 4.49. The van der Waals surface area contributed by atoms with Crippen molar-refractivity contribution in [1.29, 1.82) is 0 Å². The largest absolute Gasteiger partial charge is 0.303 e. The summed E-state index contributed by atoms with van der Waals surface area (Å²) in [5.74, 6) is 0.712. The first kappa shape index (κ1) is 9.16. The highest BCUT2D eigenvalue weighted by Gasteiger charge is 2.33. The standard InChI is InChI=1S/C10H18N2O/c1-8-5-12(4-3-10(8)13)9-6-11(2)7-9/h8-9H,3-7H2,1-2H3. The molecule has 0 aromatic rings. The highest BCUT2D eigenvalue weighted by Crippen LogP contribution is 2.19. The molecule has 3 nitrogen and oxygen atoms in total. The van der Waals surface area contributed by atoms with Crippen molar-refractivity contribution in [2.24, 2.45) is 5.92 Å². The van der Waals surface area contributed by atoms with E-state index in [0.717, 1.165) is 25.6 Å². The molecule has 0 aliphatic carbocycles. The van der Waals surface area contributed by atoms with Gasteiger partial charge in [-0.3, -0.25) is 9.69 Å². The van der Waals surface area contributed by atoms with Gasteiger partial charge in [0.05, 0.1) is 0 Å². The fourth-order valence-corrected chi connectivity index (χ4v) is 2.27. The SMILES string of the molecule is CC1CN(C2CN(C)C2)CCC1=O. The number of carbonyl (C=O) groups is 1. The van der Waals surface area contributed by atoms with Crippen molar-refractivity contribution in [2.75, 3.05) is 33.2 Å². The molecule has 0 radical (unpaired) electrons. The van der Waals surface area contributed by atoms with Crippen molar-refractivity contribution in [3.05, 3.63) is 0 Å². The van der Waals surface area contributed by atoms with Crippen molar-refractivity contribution >= 4 is 5.78 Å². The van der Waals surface area contributed by atoms with Gasteiger partial charge in [-0.05, 0) is 7.05 Å². The van der Waals surface area contributed by atoms with E-state index in [1.54, 1.807) is 0 Å². The smallest absolute Gasteiger partial charge is 0.138 e. The lowest BCUT2D eigenvalue weighted by Gasteiger charge is -2.46. The van der Waals surface area contributed by atoms with E-state index in [-0.39, 0.29) is 5.92 Å². The Morgan fingerprint density at radius 2 is 2.00 bits per heavy atom. The number of likely N-dealkylation sites (tertiary alicyclic amines) is 2. The Bertz CT molecular complexity index is 211. The zero-order chi connectivity index (χ0) is 9.42. The number of piperidine rings is 1. The summed E-state index contributed by atoms with van der Waals surface area (Å²) < 4.78 is 0. The van der Waals surface area contributed by atoms with E-state index in [2.05, 4.69) is 23.8 Å². The number of hydrogen-bond donors (Lipinski definition) is 0. The number of nitrogens with zero attached hydrogens (tertiary/aromatic N) is 2. The maximum Gasteiger partial charge on any atom is 0.138 e. The van der Waals surface area contributed by atoms with E-state index in [9.17, 15) is 4.79 Å². The Morgan fingerprint density at radius 1 is 1.31 bits per heavy atom. The number of likely N-dealkylation sites (N-methyl/N-ethyl adjacent to an activating group) is 1. The second kappa shape index (κ2) is 3.39. The molecule has 2 aliphatic heterocycles. The Labute approximate surface area is 79.7 Å². The third-order valence-corrected chi connectivity index (χ3v) is 3.26. The van der Waals surface area contributed by atoms with Crippen LogP contribution in [0.2, 0.25) is 0 Å². The van der Waals surface area contributed by atoms with E-state index in [0.29, 0.717) is 5.78 Å². The highest BCUT2D eigenvalue weighted by molar-refractivity contribution is 5.81. The van der Waals surface area contributed by atoms with Gasteiger partial charge in [0.1, 0.15) is 5.78 Å². The van der Waals surface area contributed by atoms with E-state index in [1.165, 1.54) is 13.1 Å². The van der Waals surface area contributed by atoms with Gasteiger partial charge in [-0.25, -0.2) is 0 Å². The van der Waals surface area contributed by atoms with Crippen LogP contribution in [0.25, 0.3) is 0 Å². The van der Waals surface area contributed by atoms with Crippen LogP contribution in [0.5, 0.6) is 0 Å². The number of ketones is 1. The molecule has 2 aliphatic rings. The lowest BCUT2D eigenvalue weighted by atomic mass is 9.95. The van der Waals surface area contributed by atoms with Gasteiger partial charge in [0, 0.05) is 44.6 Å². The number of Topliss-reactive ketones (excluding diaryl/α,β-unsaturated/α-hetero) is 1. The molecule has 0 bridgehead atoms. The van der Waals surface area contributed by atoms with Crippen LogP contribution in [0.1, 0.15) is 13.3 Å². The molecule has 13 heavy (non-hydrogen) atoms. The highest BCUT2D eigenvalue weighted by atomic mass is 16.1. The number of hydrogen-bond acceptors (Lipinski definition) is 3. The second-order valence-electron chi connectivity index (χ2n) is 4.49. The van der Waals surface area contributed by atoms with Crippen molar-refractivity contribution in [3.63, 3.8) is 0 Å². The number of rotatable bonds is 1. The van der Waals surface area contributed by atoms with Crippen LogP contribution in [0.15, 0.2) is 0 Å². The summed E-state index contributed by atoms with van der Waals surface area (Å²) in [5.41, 5.74) is 0. The van der Waals surface area contributed by atoms with E-state index in [1.807, 2.05) is 0 Å².